The molecule has 21 heavy (non-hydrogen) atoms. The largest absolute Gasteiger partial charge is 0.366 e. The Kier molecular flexibility index (Phi) is 3.68. The number of nitrogens with two attached hydrogens (primary N) is 1. The highest BCUT2D eigenvalue weighted by Gasteiger charge is 2.33. The van der Waals surface area contributed by atoms with E-state index in [0.29, 0.717) is 23.6 Å². The Morgan fingerprint density at radius 3 is 2.95 bits per heavy atom. The van der Waals surface area contributed by atoms with Crippen molar-refractivity contribution in [2.45, 2.75) is 19.4 Å². The molecule has 2 amide bonds. The molecule has 2 aliphatic heterocycles. The highest BCUT2D eigenvalue weighted by Crippen LogP contribution is 2.28. The zero-order valence-electron chi connectivity index (χ0n) is 12.3. The van der Waals surface area contributed by atoms with E-state index in [9.17, 15) is 9.59 Å². The predicted octanol–water partition coefficient (Wildman–Crippen LogP) is 1.08. The van der Waals surface area contributed by atoms with Gasteiger partial charge in [-0.1, -0.05) is 12.1 Å². The molecule has 1 unspecified atom stereocenters. The Hall–Kier alpha value is -1.88. The Bertz CT molecular complexity index is 585. The number of carbonyl (C=O) groups is 2. The summed E-state index contributed by atoms with van der Waals surface area (Å²) in [5.74, 6) is -0.0638. The number of primary amides is 1. The Labute approximate surface area is 124 Å². The van der Waals surface area contributed by atoms with Crippen molar-refractivity contribution < 1.29 is 9.59 Å². The van der Waals surface area contributed by atoms with Crippen molar-refractivity contribution in [3.8, 4) is 0 Å². The van der Waals surface area contributed by atoms with E-state index < -0.39 is 5.91 Å². The van der Waals surface area contributed by atoms with Crippen LogP contribution in [-0.4, -0.2) is 48.3 Å². The lowest BCUT2D eigenvalue weighted by atomic mass is 9.98. The third-order valence-electron chi connectivity index (χ3n) is 4.48. The highest BCUT2D eigenvalue weighted by atomic mass is 16.2. The van der Waals surface area contributed by atoms with Crippen LogP contribution in [0, 0.1) is 5.92 Å². The highest BCUT2D eigenvalue weighted by molar-refractivity contribution is 6.09. The SMILES string of the molecule is CN1CCCC(CN2Cc3cccc(C(N)=O)c3C2=O)C1. The van der Waals surface area contributed by atoms with Gasteiger partial charge >= 0.3 is 0 Å². The molecule has 2 aliphatic rings. The molecule has 1 aromatic carbocycles. The zero-order valence-corrected chi connectivity index (χ0v) is 12.3. The van der Waals surface area contributed by atoms with Crippen LogP contribution in [0.5, 0.6) is 0 Å². The number of hydrogen-bond acceptors (Lipinski definition) is 3. The van der Waals surface area contributed by atoms with Gasteiger partial charge in [-0.05, 0) is 44.0 Å². The summed E-state index contributed by atoms with van der Waals surface area (Å²) in [6.07, 6.45) is 2.34. The molecule has 2 N–H and O–H groups in total. The van der Waals surface area contributed by atoms with E-state index in [4.69, 9.17) is 5.73 Å². The van der Waals surface area contributed by atoms with Gasteiger partial charge in [0, 0.05) is 19.6 Å². The van der Waals surface area contributed by atoms with Gasteiger partial charge in [0.15, 0.2) is 0 Å². The monoisotopic (exact) mass is 287 g/mol. The standard InChI is InChI=1S/C16H21N3O2/c1-18-7-3-4-11(8-18)9-19-10-12-5-2-6-13(15(17)20)14(12)16(19)21/h2,5-6,11H,3-4,7-10H2,1H3,(H2,17,20). The fraction of sp³-hybridized carbons (Fsp3) is 0.500. The molecule has 0 aromatic heterocycles. The van der Waals surface area contributed by atoms with E-state index in [2.05, 4.69) is 11.9 Å². The minimum atomic E-state index is -0.528. The summed E-state index contributed by atoms with van der Waals surface area (Å²) in [7, 11) is 2.12. The van der Waals surface area contributed by atoms with Crippen LogP contribution in [0.4, 0.5) is 0 Å². The van der Waals surface area contributed by atoms with E-state index in [0.717, 1.165) is 31.6 Å². The Morgan fingerprint density at radius 1 is 1.43 bits per heavy atom. The first-order valence-electron chi connectivity index (χ1n) is 7.45. The van der Waals surface area contributed by atoms with Gasteiger partial charge in [0.25, 0.3) is 5.91 Å². The number of amides is 2. The normalized spacial score (nSPS) is 22.4. The van der Waals surface area contributed by atoms with Gasteiger partial charge in [-0.25, -0.2) is 0 Å². The molecule has 0 saturated carbocycles. The molecule has 1 aromatic rings. The maximum absolute atomic E-state index is 12.6. The van der Waals surface area contributed by atoms with Gasteiger partial charge in [-0.3, -0.25) is 9.59 Å². The van der Waals surface area contributed by atoms with Crippen LogP contribution in [0.15, 0.2) is 18.2 Å². The van der Waals surface area contributed by atoms with Gasteiger partial charge in [0.2, 0.25) is 5.91 Å². The van der Waals surface area contributed by atoms with Crippen molar-refractivity contribution in [2.24, 2.45) is 11.7 Å². The maximum atomic E-state index is 12.6. The Morgan fingerprint density at radius 2 is 2.24 bits per heavy atom. The predicted molar refractivity (Wildman–Crippen MR) is 79.9 cm³/mol. The van der Waals surface area contributed by atoms with E-state index in [1.54, 1.807) is 12.1 Å². The summed E-state index contributed by atoms with van der Waals surface area (Å²) < 4.78 is 0. The summed E-state index contributed by atoms with van der Waals surface area (Å²) >= 11 is 0. The third kappa shape index (κ3) is 2.65. The molecule has 5 nitrogen and oxygen atoms in total. The lowest BCUT2D eigenvalue weighted by Gasteiger charge is -2.32. The van der Waals surface area contributed by atoms with Crippen molar-refractivity contribution in [3.63, 3.8) is 0 Å². The van der Waals surface area contributed by atoms with Gasteiger partial charge in [-0.2, -0.15) is 0 Å². The number of rotatable bonds is 3. The number of nitrogens with zero attached hydrogens (tertiary/aromatic N) is 2. The zero-order chi connectivity index (χ0) is 15.0. The second kappa shape index (κ2) is 5.48. The first kappa shape index (κ1) is 14.1. The van der Waals surface area contributed by atoms with Gasteiger partial charge in [0.1, 0.15) is 0 Å². The molecule has 0 aliphatic carbocycles. The molecule has 0 radical (unpaired) electrons. The minimum absolute atomic E-state index is 0.0485. The molecule has 0 bridgehead atoms. The molecular weight excluding hydrogens is 266 g/mol. The summed E-state index contributed by atoms with van der Waals surface area (Å²) in [4.78, 5) is 28.3. The van der Waals surface area contributed by atoms with Crippen molar-refractivity contribution in [1.29, 1.82) is 0 Å². The van der Waals surface area contributed by atoms with E-state index in [-0.39, 0.29) is 5.91 Å². The average Bonchev–Trinajstić information content (AvgIpc) is 2.75. The maximum Gasteiger partial charge on any atom is 0.255 e. The van der Waals surface area contributed by atoms with Crippen molar-refractivity contribution in [1.82, 2.24) is 9.80 Å². The van der Waals surface area contributed by atoms with Gasteiger partial charge in [-0.15, -0.1) is 0 Å². The number of likely N-dealkylation sites (tertiary alicyclic amines) is 1. The van der Waals surface area contributed by atoms with Crippen LogP contribution in [0.3, 0.4) is 0 Å². The van der Waals surface area contributed by atoms with Crippen LogP contribution in [0.25, 0.3) is 0 Å². The van der Waals surface area contributed by atoms with Crippen LogP contribution in [0.1, 0.15) is 39.1 Å². The molecule has 2 heterocycles. The number of carbonyl (C=O) groups excluding carboxylic acids is 2. The van der Waals surface area contributed by atoms with E-state index in [1.807, 2.05) is 11.0 Å². The van der Waals surface area contributed by atoms with Crippen molar-refractivity contribution >= 4 is 11.8 Å². The van der Waals surface area contributed by atoms with E-state index in [1.165, 1.54) is 6.42 Å². The molecule has 1 atom stereocenters. The lowest BCUT2D eigenvalue weighted by molar-refractivity contribution is 0.0712. The molecule has 1 saturated heterocycles. The number of fused-ring (bicyclic) bond motifs is 1. The average molecular weight is 287 g/mol. The number of hydrogen-bond donors (Lipinski definition) is 1. The molecule has 5 heteroatoms. The molecule has 112 valence electrons. The first-order valence-corrected chi connectivity index (χ1v) is 7.45. The molecular formula is C16H21N3O2. The number of benzene rings is 1. The quantitative estimate of drug-likeness (QED) is 0.904. The molecule has 3 rings (SSSR count). The first-order chi connectivity index (χ1) is 10.1. The summed E-state index contributed by atoms with van der Waals surface area (Å²) in [5.41, 5.74) is 7.15. The minimum Gasteiger partial charge on any atom is -0.366 e. The second-order valence-corrected chi connectivity index (χ2v) is 6.16. The van der Waals surface area contributed by atoms with Crippen molar-refractivity contribution in [3.05, 3.63) is 34.9 Å². The fourth-order valence-electron chi connectivity index (χ4n) is 3.51. The van der Waals surface area contributed by atoms with Crippen LogP contribution in [0.2, 0.25) is 0 Å². The van der Waals surface area contributed by atoms with Crippen LogP contribution < -0.4 is 5.73 Å². The second-order valence-electron chi connectivity index (χ2n) is 6.16. The van der Waals surface area contributed by atoms with Crippen molar-refractivity contribution in [2.75, 3.05) is 26.7 Å². The summed E-state index contributed by atoms with van der Waals surface area (Å²) in [5, 5.41) is 0. The van der Waals surface area contributed by atoms with E-state index >= 15 is 0 Å². The summed E-state index contributed by atoms with van der Waals surface area (Å²) in [6, 6.07) is 5.34. The van der Waals surface area contributed by atoms with Crippen LogP contribution >= 0.6 is 0 Å². The topological polar surface area (TPSA) is 66.6 Å². The van der Waals surface area contributed by atoms with Gasteiger partial charge < -0.3 is 15.5 Å². The summed E-state index contributed by atoms with van der Waals surface area (Å²) in [6.45, 7) is 3.52. The molecule has 1 fully saturated rings. The smallest absolute Gasteiger partial charge is 0.255 e. The van der Waals surface area contributed by atoms with Gasteiger partial charge in [0.05, 0.1) is 11.1 Å². The Balaban J connectivity index is 1.78. The molecule has 0 spiro atoms. The lowest BCUT2D eigenvalue weighted by Crippen LogP contribution is -2.39. The fourth-order valence-corrected chi connectivity index (χ4v) is 3.51. The number of piperidine rings is 1. The third-order valence-corrected chi connectivity index (χ3v) is 4.48. The van der Waals surface area contributed by atoms with Crippen LogP contribution in [-0.2, 0) is 6.54 Å².